The highest BCUT2D eigenvalue weighted by atomic mass is 16.5. The first-order valence-electron chi connectivity index (χ1n) is 8.61. The Bertz CT molecular complexity index is 625. The molecule has 2 heterocycles. The summed E-state index contributed by atoms with van der Waals surface area (Å²) in [4.78, 5) is 29.1. The number of nitrogens with zero attached hydrogens (tertiary/aromatic N) is 2. The SMILES string of the molecule is COCCC1(C(=O)N2CCN(C(=O)c3cc(C)oc3C)CC2)CC1. The number of piperazine rings is 1. The highest BCUT2D eigenvalue weighted by Gasteiger charge is 2.51. The minimum Gasteiger partial charge on any atom is -0.466 e. The fraction of sp³-hybridized carbons (Fsp3) is 0.667. The molecule has 3 rings (SSSR count). The lowest BCUT2D eigenvalue weighted by atomic mass is 10.0. The summed E-state index contributed by atoms with van der Waals surface area (Å²) in [6, 6.07) is 1.79. The molecule has 0 radical (unpaired) electrons. The third kappa shape index (κ3) is 3.20. The van der Waals surface area contributed by atoms with Gasteiger partial charge in [-0.1, -0.05) is 0 Å². The van der Waals surface area contributed by atoms with Crippen LogP contribution in [0.1, 0.15) is 41.1 Å². The highest BCUT2D eigenvalue weighted by Crippen LogP contribution is 2.50. The summed E-state index contributed by atoms with van der Waals surface area (Å²) in [5.74, 6) is 1.64. The number of carbonyl (C=O) groups is 2. The van der Waals surface area contributed by atoms with Gasteiger partial charge in [0.25, 0.3) is 5.91 Å². The first kappa shape index (κ1) is 17.0. The number of carbonyl (C=O) groups excluding carboxylic acids is 2. The Morgan fingerprint density at radius 2 is 1.79 bits per heavy atom. The third-order valence-corrected chi connectivity index (χ3v) is 5.22. The van der Waals surface area contributed by atoms with E-state index in [1.165, 1.54) is 0 Å². The van der Waals surface area contributed by atoms with Crippen LogP contribution in [0, 0.1) is 19.3 Å². The van der Waals surface area contributed by atoms with Crippen molar-refractivity contribution < 1.29 is 18.7 Å². The van der Waals surface area contributed by atoms with Crippen molar-refractivity contribution in [3.05, 3.63) is 23.2 Å². The largest absolute Gasteiger partial charge is 0.466 e. The smallest absolute Gasteiger partial charge is 0.257 e. The van der Waals surface area contributed by atoms with E-state index >= 15 is 0 Å². The summed E-state index contributed by atoms with van der Waals surface area (Å²) in [6.07, 6.45) is 2.72. The molecule has 0 spiro atoms. The van der Waals surface area contributed by atoms with Gasteiger partial charge in [0.1, 0.15) is 11.5 Å². The van der Waals surface area contributed by atoms with Gasteiger partial charge in [-0.15, -0.1) is 0 Å². The third-order valence-electron chi connectivity index (χ3n) is 5.22. The number of aryl methyl sites for hydroxylation is 2. The molecule has 1 aromatic rings. The van der Waals surface area contributed by atoms with E-state index in [1.54, 1.807) is 13.2 Å². The van der Waals surface area contributed by atoms with E-state index in [0.29, 0.717) is 44.1 Å². The van der Waals surface area contributed by atoms with E-state index in [9.17, 15) is 9.59 Å². The molecule has 24 heavy (non-hydrogen) atoms. The van der Waals surface area contributed by atoms with E-state index in [2.05, 4.69) is 0 Å². The minimum absolute atomic E-state index is 0.00281. The highest BCUT2D eigenvalue weighted by molar-refractivity contribution is 5.95. The average molecular weight is 334 g/mol. The van der Waals surface area contributed by atoms with Crippen LogP contribution in [0.3, 0.4) is 0 Å². The summed E-state index contributed by atoms with van der Waals surface area (Å²) in [5.41, 5.74) is 0.437. The van der Waals surface area contributed by atoms with Crippen LogP contribution in [0.4, 0.5) is 0 Å². The molecule has 2 fully saturated rings. The number of amides is 2. The van der Waals surface area contributed by atoms with Crippen molar-refractivity contribution in [2.75, 3.05) is 39.9 Å². The summed E-state index contributed by atoms with van der Waals surface area (Å²) in [7, 11) is 1.67. The molecule has 2 amide bonds. The van der Waals surface area contributed by atoms with Crippen molar-refractivity contribution in [3.8, 4) is 0 Å². The van der Waals surface area contributed by atoms with Gasteiger partial charge in [0.05, 0.1) is 11.0 Å². The van der Waals surface area contributed by atoms with Crippen LogP contribution in [-0.2, 0) is 9.53 Å². The Morgan fingerprint density at radius 3 is 2.29 bits per heavy atom. The fourth-order valence-electron chi connectivity index (χ4n) is 3.48. The maximum absolute atomic E-state index is 12.7. The van der Waals surface area contributed by atoms with Crippen molar-refractivity contribution in [2.24, 2.45) is 5.41 Å². The van der Waals surface area contributed by atoms with E-state index in [0.717, 1.165) is 25.0 Å². The molecule has 132 valence electrons. The molecule has 6 heteroatoms. The molecule has 1 saturated carbocycles. The molecule has 2 aliphatic rings. The predicted molar refractivity (Wildman–Crippen MR) is 88.8 cm³/mol. The fourth-order valence-corrected chi connectivity index (χ4v) is 3.48. The van der Waals surface area contributed by atoms with Crippen LogP contribution in [0.25, 0.3) is 0 Å². The number of hydrogen-bond acceptors (Lipinski definition) is 4. The van der Waals surface area contributed by atoms with Crippen LogP contribution in [0.2, 0.25) is 0 Å². The molecule has 1 saturated heterocycles. The number of methoxy groups -OCH3 is 1. The van der Waals surface area contributed by atoms with Gasteiger partial charge in [-0.25, -0.2) is 0 Å². The van der Waals surface area contributed by atoms with Crippen LogP contribution < -0.4 is 0 Å². The maximum Gasteiger partial charge on any atom is 0.257 e. The van der Waals surface area contributed by atoms with Crippen molar-refractivity contribution in [2.45, 2.75) is 33.1 Å². The zero-order valence-corrected chi connectivity index (χ0v) is 14.8. The Morgan fingerprint density at radius 1 is 1.17 bits per heavy atom. The Labute approximate surface area is 142 Å². The molecular weight excluding hydrogens is 308 g/mol. The van der Waals surface area contributed by atoms with Crippen LogP contribution in [0.15, 0.2) is 10.5 Å². The van der Waals surface area contributed by atoms with Gasteiger partial charge in [0.2, 0.25) is 5.91 Å². The molecular formula is C18H26N2O4. The molecule has 0 N–H and O–H groups in total. The summed E-state index contributed by atoms with van der Waals surface area (Å²) >= 11 is 0. The lowest BCUT2D eigenvalue weighted by molar-refractivity contribution is -0.139. The second-order valence-electron chi connectivity index (χ2n) is 6.93. The van der Waals surface area contributed by atoms with E-state index < -0.39 is 0 Å². The zero-order valence-electron chi connectivity index (χ0n) is 14.8. The first-order valence-corrected chi connectivity index (χ1v) is 8.61. The van der Waals surface area contributed by atoms with Gasteiger partial charge in [-0.2, -0.15) is 0 Å². The van der Waals surface area contributed by atoms with Crippen molar-refractivity contribution in [1.82, 2.24) is 9.80 Å². The van der Waals surface area contributed by atoms with Crippen LogP contribution >= 0.6 is 0 Å². The summed E-state index contributed by atoms with van der Waals surface area (Å²) < 4.78 is 10.6. The monoisotopic (exact) mass is 334 g/mol. The van der Waals surface area contributed by atoms with Gasteiger partial charge in [0, 0.05) is 39.9 Å². The zero-order chi connectivity index (χ0) is 17.3. The summed E-state index contributed by atoms with van der Waals surface area (Å²) in [6.45, 7) is 6.65. The normalized spacial score (nSPS) is 19.5. The molecule has 1 aliphatic heterocycles. The lowest BCUT2D eigenvalue weighted by Gasteiger charge is -2.36. The average Bonchev–Trinajstić information content (AvgIpc) is 3.30. The van der Waals surface area contributed by atoms with Crippen LogP contribution in [-0.4, -0.2) is 61.5 Å². The van der Waals surface area contributed by atoms with Gasteiger partial charge in [-0.3, -0.25) is 9.59 Å². The van der Waals surface area contributed by atoms with E-state index in [-0.39, 0.29) is 17.2 Å². The van der Waals surface area contributed by atoms with Gasteiger partial charge in [0.15, 0.2) is 0 Å². The number of furan rings is 1. The van der Waals surface area contributed by atoms with Gasteiger partial charge < -0.3 is 19.0 Å². The number of ether oxygens (including phenoxy) is 1. The molecule has 0 unspecified atom stereocenters. The second kappa shape index (κ2) is 6.59. The standard InChI is InChI=1S/C18H26N2O4/c1-13-12-15(14(2)24-13)16(21)19-7-9-20(10-8-19)17(22)18(4-5-18)6-11-23-3/h12H,4-11H2,1-3H3. The number of hydrogen-bond donors (Lipinski definition) is 0. The van der Waals surface area contributed by atoms with E-state index in [4.69, 9.17) is 9.15 Å². The lowest BCUT2D eigenvalue weighted by Crippen LogP contribution is -2.52. The van der Waals surface area contributed by atoms with Crippen molar-refractivity contribution in [1.29, 1.82) is 0 Å². The molecule has 1 aliphatic carbocycles. The topological polar surface area (TPSA) is 63.0 Å². The van der Waals surface area contributed by atoms with Gasteiger partial charge in [-0.05, 0) is 39.2 Å². The second-order valence-corrected chi connectivity index (χ2v) is 6.93. The molecule has 0 aromatic carbocycles. The van der Waals surface area contributed by atoms with Crippen molar-refractivity contribution in [3.63, 3.8) is 0 Å². The minimum atomic E-state index is -0.194. The Hall–Kier alpha value is -1.82. The molecule has 0 atom stereocenters. The quantitative estimate of drug-likeness (QED) is 0.826. The van der Waals surface area contributed by atoms with Crippen molar-refractivity contribution >= 4 is 11.8 Å². The summed E-state index contributed by atoms with van der Waals surface area (Å²) in [5, 5.41) is 0. The maximum atomic E-state index is 12.7. The first-order chi connectivity index (χ1) is 11.5. The number of rotatable bonds is 5. The Balaban J connectivity index is 1.57. The molecule has 6 nitrogen and oxygen atoms in total. The van der Waals surface area contributed by atoms with E-state index in [1.807, 2.05) is 23.6 Å². The molecule has 1 aromatic heterocycles. The van der Waals surface area contributed by atoms with Crippen LogP contribution in [0.5, 0.6) is 0 Å². The van der Waals surface area contributed by atoms with Gasteiger partial charge >= 0.3 is 0 Å². The molecule has 0 bridgehead atoms. The Kier molecular flexibility index (Phi) is 4.67. The predicted octanol–water partition coefficient (Wildman–Crippen LogP) is 2.00.